The second-order valence-electron chi connectivity index (χ2n) is 3.71. The van der Waals surface area contributed by atoms with Crippen molar-refractivity contribution in [1.29, 1.82) is 0 Å². The zero-order valence-corrected chi connectivity index (χ0v) is 9.98. The van der Waals surface area contributed by atoms with Gasteiger partial charge in [0.05, 0.1) is 4.92 Å². The summed E-state index contributed by atoms with van der Waals surface area (Å²) in [4.78, 5) is 24.9. The van der Waals surface area contributed by atoms with Gasteiger partial charge in [0.1, 0.15) is 17.2 Å². The van der Waals surface area contributed by atoms with Crippen molar-refractivity contribution in [3.05, 3.63) is 45.3 Å². The Morgan fingerprint density at radius 2 is 2.15 bits per heavy atom. The Morgan fingerprint density at radius 3 is 2.70 bits per heavy atom. The molecule has 0 aliphatic rings. The fourth-order valence-corrected chi connectivity index (χ4v) is 1.45. The van der Waals surface area contributed by atoms with E-state index in [0.717, 1.165) is 0 Å². The molecule has 0 spiro atoms. The molecule has 104 valence electrons. The summed E-state index contributed by atoms with van der Waals surface area (Å²) >= 11 is 0. The first-order valence-electron chi connectivity index (χ1n) is 5.23. The van der Waals surface area contributed by atoms with Crippen LogP contribution >= 0.6 is 0 Å². The number of rotatable bonds is 3. The number of nitro groups is 1. The van der Waals surface area contributed by atoms with Gasteiger partial charge in [-0.2, -0.15) is 9.37 Å². The fraction of sp³-hybridized carbons (Fsp3) is 0.100. The number of aromatic amines is 1. The van der Waals surface area contributed by atoms with Crippen molar-refractivity contribution in [3.63, 3.8) is 0 Å². The normalized spacial score (nSPS) is 10.3. The Bertz CT molecular complexity index is 700. The summed E-state index contributed by atoms with van der Waals surface area (Å²) in [6.45, 7) is 1.55. The van der Waals surface area contributed by atoms with Crippen LogP contribution in [0.5, 0.6) is 0 Å². The lowest BCUT2D eigenvalue weighted by molar-refractivity contribution is -0.387. The van der Waals surface area contributed by atoms with Gasteiger partial charge in [0.25, 0.3) is 5.91 Å². The number of aromatic nitrogens is 3. The van der Waals surface area contributed by atoms with Crippen LogP contribution in [-0.4, -0.2) is 26.0 Å². The monoisotopic (exact) mass is 283 g/mol. The minimum absolute atomic E-state index is 0.196. The third kappa shape index (κ3) is 2.43. The van der Waals surface area contributed by atoms with Crippen LogP contribution in [0.4, 0.5) is 20.4 Å². The molecule has 0 fully saturated rings. The van der Waals surface area contributed by atoms with Gasteiger partial charge in [-0.1, -0.05) is 0 Å². The SMILES string of the molecule is Cc1nc(NC(=O)c2c(F)ccc([N+](=O)[O-])c2F)n[nH]1. The molecule has 2 rings (SSSR count). The van der Waals surface area contributed by atoms with Crippen molar-refractivity contribution in [2.75, 3.05) is 5.32 Å². The summed E-state index contributed by atoms with van der Waals surface area (Å²) in [5.41, 5.74) is -2.07. The van der Waals surface area contributed by atoms with E-state index in [1.165, 1.54) is 0 Å². The van der Waals surface area contributed by atoms with Crippen molar-refractivity contribution in [2.24, 2.45) is 0 Å². The first-order chi connectivity index (χ1) is 9.40. The number of aryl methyl sites for hydroxylation is 1. The molecule has 20 heavy (non-hydrogen) atoms. The molecule has 10 heteroatoms. The highest BCUT2D eigenvalue weighted by Gasteiger charge is 2.26. The molecule has 1 heterocycles. The number of nitrogens with zero attached hydrogens (tertiary/aromatic N) is 3. The van der Waals surface area contributed by atoms with Gasteiger partial charge in [-0.15, -0.1) is 5.10 Å². The molecule has 2 aromatic rings. The lowest BCUT2D eigenvalue weighted by Gasteiger charge is -2.04. The molecule has 0 saturated carbocycles. The van der Waals surface area contributed by atoms with E-state index in [9.17, 15) is 23.7 Å². The van der Waals surface area contributed by atoms with Gasteiger partial charge < -0.3 is 0 Å². The summed E-state index contributed by atoms with van der Waals surface area (Å²) < 4.78 is 27.2. The van der Waals surface area contributed by atoms with Crippen LogP contribution in [-0.2, 0) is 0 Å². The third-order valence-corrected chi connectivity index (χ3v) is 2.32. The maximum absolute atomic E-state index is 13.8. The first kappa shape index (κ1) is 13.5. The fourth-order valence-electron chi connectivity index (χ4n) is 1.45. The number of hydrogen-bond donors (Lipinski definition) is 2. The van der Waals surface area contributed by atoms with Gasteiger partial charge >= 0.3 is 5.69 Å². The predicted octanol–water partition coefficient (Wildman–Crippen LogP) is 1.55. The lowest BCUT2D eigenvalue weighted by Crippen LogP contribution is -2.17. The minimum atomic E-state index is -1.56. The minimum Gasteiger partial charge on any atom is -0.289 e. The number of carbonyl (C=O) groups is 1. The summed E-state index contributed by atoms with van der Waals surface area (Å²) in [7, 11) is 0. The van der Waals surface area contributed by atoms with Crippen LogP contribution in [0.2, 0.25) is 0 Å². The number of H-pyrrole nitrogens is 1. The Balaban J connectivity index is 2.38. The molecule has 0 atom stereocenters. The van der Waals surface area contributed by atoms with E-state index in [2.05, 4.69) is 15.2 Å². The van der Waals surface area contributed by atoms with Crippen LogP contribution in [0, 0.1) is 28.7 Å². The van der Waals surface area contributed by atoms with E-state index < -0.39 is 33.7 Å². The summed E-state index contributed by atoms with van der Waals surface area (Å²) in [6, 6.07) is 1.28. The average Bonchev–Trinajstić information content (AvgIpc) is 2.74. The number of benzene rings is 1. The van der Waals surface area contributed by atoms with E-state index in [4.69, 9.17) is 0 Å². The zero-order valence-electron chi connectivity index (χ0n) is 9.98. The molecule has 1 aromatic carbocycles. The van der Waals surface area contributed by atoms with Crippen LogP contribution < -0.4 is 5.32 Å². The molecular formula is C10H7F2N5O3. The molecular weight excluding hydrogens is 276 g/mol. The number of hydrogen-bond acceptors (Lipinski definition) is 5. The van der Waals surface area contributed by atoms with Crippen LogP contribution in [0.1, 0.15) is 16.2 Å². The Labute approximate surface area is 110 Å². The van der Waals surface area contributed by atoms with Gasteiger partial charge in [0.15, 0.2) is 0 Å². The largest absolute Gasteiger partial charge is 0.305 e. The number of amides is 1. The van der Waals surface area contributed by atoms with Gasteiger partial charge in [0.2, 0.25) is 11.8 Å². The summed E-state index contributed by atoms with van der Waals surface area (Å²) in [5.74, 6) is -3.82. The smallest absolute Gasteiger partial charge is 0.289 e. The second-order valence-corrected chi connectivity index (χ2v) is 3.71. The van der Waals surface area contributed by atoms with Crippen LogP contribution in [0.25, 0.3) is 0 Å². The second kappa shape index (κ2) is 4.99. The van der Waals surface area contributed by atoms with Gasteiger partial charge in [-0.05, 0) is 13.0 Å². The molecule has 1 amide bonds. The van der Waals surface area contributed by atoms with Crippen molar-refractivity contribution in [2.45, 2.75) is 6.92 Å². The quantitative estimate of drug-likeness (QED) is 0.655. The maximum Gasteiger partial charge on any atom is 0.305 e. The Hall–Kier alpha value is -2.91. The molecule has 0 saturated heterocycles. The maximum atomic E-state index is 13.8. The molecule has 0 bridgehead atoms. The van der Waals surface area contributed by atoms with Crippen molar-refractivity contribution >= 4 is 17.5 Å². The Morgan fingerprint density at radius 1 is 1.45 bits per heavy atom. The van der Waals surface area contributed by atoms with E-state index in [1.807, 2.05) is 5.32 Å². The Kier molecular flexibility index (Phi) is 3.37. The number of halogens is 2. The summed E-state index contributed by atoms with van der Waals surface area (Å²) in [5, 5.41) is 18.5. The first-order valence-corrected chi connectivity index (χ1v) is 5.23. The molecule has 0 radical (unpaired) electrons. The van der Waals surface area contributed by atoms with E-state index in [-0.39, 0.29) is 5.95 Å². The molecule has 0 unspecified atom stereocenters. The standard InChI is InChI=1S/C10H7F2N5O3/c1-4-13-10(16-15-4)14-9(18)7-5(11)2-3-6(8(7)12)17(19)20/h2-3H,1H3,(H2,13,14,15,16,18). The van der Waals surface area contributed by atoms with Crippen LogP contribution in [0.3, 0.4) is 0 Å². The van der Waals surface area contributed by atoms with Gasteiger partial charge in [-0.3, -0.25) is 25.3 Å². The molecule has 0 aliphatic carbocycles. The zero-order chi connectivity index (χ0) is 14.9. The highest BCUT2D eigenvalue weighted by atomic mass is 19.1. The highest BCUT2D eigenvalue weighted by molar-refractivity contribution is 6.04. The molecule has 1 aromatic heterocycles. The third-order valence-electron chi connectivity index (χ3n) is 2.32. The average molecular weight is 283 g/mol. The van der Waals surface area contributed by atoms with Crippen molar-refractivity contribution in [1.82, 2.24) is 15.2 Å². The number of anilines is 1. The van der Waals surface area contributed by atoms with Crippen molar-refractivity contribution < 1.29 is 18.5 Å². The highest BCUT2D eigenvalue weighted by Crippen LogP contribution is 2.23. The van der Waals surface area contributed by atoms with Crippen molar-refractivity contribution in [3.8, 4) is 0 Å². The van der Waals surface area contributed by atoms with Crippen LogP contribution in [0.15, 0.2) is 12.1 Å². The predicted molar refractivity (Wildman–Crippen MR) is 62.1 cm³/mol. The number of carbonyl (C=O) groups excluding carboxylic acids is 1. The van der Waals surface area contributed by atoms with Gasteiger partial charge in [0, 0.05) is 6.07 Å². The van der Waals surface area contributed by atoms with E-state index in [0.29, 0.717) is 18.0 Å². The van der Waals surface area contributed by atoms with E-state index in [1.54, 1.807) is 6.92 Å². The summed E-state index contributed by atoms with van der Waals surface area (Å²) in [6.07, 6.45) is 0. The number of nitro benzene ring substituents is 1. The van der Waals surface area contributed by atoms with Gasteiger partial charge in [-0.25, -0.2) is 4.39 Å². The molecule has 0 aliphatic heterocycles. The number of nitrogens with one attached hydrogen (secondary N) is 2. The van der Waals surface area contributed by atoms with E-state index >= 15 is 0 Å². The molecule has 2 N–H and O–H groups in total. The molecule has 8 nitrogen and oxygen atoms in total. The topological polar surface area (TPSA) is 114 Å². The lowest BCUT2D eigenvalue weighted by atomic mass is 10.1.